The van der Waals surface area contributed by atoms with E-state index >= 15 is 0 Å². The van der Waals surface area contributed by atoms with Gasteiger partial charge in [-0.1, -0.05) is 6.07 Å². The average molecular weight is 229 g/mol. The Bertz CT molecular complexity index is 424. The Morgan fingerprint density at radius 1 is 1.27 bits per heavy atom. The SMILES string of the molecule is CCN(CC)c1cccc(S(=O)(=O)O)c1. The van der Waals surface area contributed by atoms with Crippen LogP contribution in [0.4, 0.5) is 5.69 Å². The normalized spacial score (nSPS) is 11.4. The molecule has 0 bridgehead atoms. The summed E-state index contributed by atoms with van der Waals surface area (Å²) in [4.78, 5) is 1.95. The van der Waals surface area contributed by atoms with Gasteiger partial charge in [-0.25, -0.2) is 0 Å². The predicted molar refractivity (Wildman–Crippen MR) is 59.8 cm³/mol. The minimum atomic E-state index is -4.10. The monoisotopic (exact) mass is 229 g/mol. The van der Waals surface area contributed by atoms with Gasteiger partial charge in [0.1, 0.15) is 0 Å². The van der Waals surface area contributed by atoms with Gasteiger partial charge in [0.25, 0.3) is 10.1 Å². The quantitative estimate of drug-likeness (QED) is 0.799. The van der Waals surface area contributed by atoms with Crippen molar-refractivity contribution in [3.05, 3.63) is 24.3 Å². The maximum absolute atomic E-state index is 10.9. The molecule has 0 aromatic heterocycles. The van der Waals surface area contributed by atoms with E-state index in [0.29, 0.717) is 0 Å². The van der Waals surface area contributed by atoms with E-state index in [1.165, 1.54) is 12.1 Å². The molecule has 0 aliphatic carbocycles. The van der Waals surface area contributed by atoms with Crippen molar-refractivity contribution in [3.63, 3.8) is 0 Å². The van der Waals surface area contributed by atoms with Crippen molar-refractivity contribution in [1.29, 1.82) is 0 Å². The molecular formula is C10H15NO3S. The van der Waals surface area contributed by atoms with Gasteiger partial charge in [-0.05, 0) is 32.0 Å². The zero-order valence-corrected chi connectivity index (χ0v) is 9.66. The zero-order valence-electron chi connectivity index (χ0n) is 8.84. The number of rotatable bonds is 4. The Balaban J connectivity index is 3.13. The summed E-state index contributed by atoms with van der Waals surface area (Å²) in [5.41, 5.74) is 0.801. The van der Waals surface area contributed by atoms with Gasteiger partial charge >= 0.3 is 0 Å². The molecule has 1 N–H and O–H groups in total. The Kier molecular flexibility index (Phi) is 3.71. The third kappa shape index (κ3) is 2.94. The first-order chi connectivity index (χ1) is 6.99. The Morgan fingerprint density at radius 3 is 2.33 bits per heavy atom. The van der Waals surface area contributed by atoms with E-state index in [-0.39, 0.29) is 4.90 Å². The molecule has 15 heavy (non-hydrogen) atoms. The summed E-state index contributed by atoms with van der Waals surface area (Å²) in [6, 6.07) is 6.29. The summed E-state index contributed by atoms with van der Waals surface area (Å²) >= 11 is 0. The minimum absolute atomic E-state index is 0.0631. The van der Waals surface area contributed by atoms with E-state index in [1.54, 1.807) is 6.07 Å². The minimum Gasteiger partial charge on any atom is -0.372 e. The summed E-state index contributed by atoms with van der Waals surface area (Å²) in [6.45, 7) is 5.57. The fraction of sp³-hybridized carbons (Fsp3) is 0.400. The van der Waals surface area contributed by atoms with E-state index in [0.717, 1.165) is 18.8 Å². The highest BCUT2D eigenvalue weighted by Gasteiger charge is 2.11. The van der Waals surface area contributed by atoms with Crippen LogP contribution in [0.5, 0.6) is 0 Å². The second kappa shape index (κ2) is 4.63. The summed E-state index contributed by atoms with van der Waals surface area (Å²) in [5, 5.41) is 0. The molecule has 0 unspecified atom stereocenters. The summed E-state index contributed by atoms with van der Waals surface area (Å²) in [6.07, 6.45) is 0. The molecule has 0 saturated heterocycles. The molecule has 0 saturated carbocycles. The molecule has 0 fully saturated rings. The van der Waals surface area contributed by atoms with Crippen LogP contribution in [0.2, 0.25) is 0 Å². The molecule has 5 heteroatoms. The standard InChI is InChI=1S/C10H15NO3S/c1-3-11(4-2)9-6-5-7-10(8-9)15(12,13)14/h5-8H,3-4H2,1-2H3,(H,12,13,14). The molecule has 0 aliphatic heterocycles. The van der Waals surface area contributed by atoms with Crippen molar-refractivity contribution in [2.45, 2.75) is 18.7 Å². The maximum Gasteiger partial charge on any atom is 0.294 e. The van der Waals surface area contributed by atoms with Crippen LogP contribution in [0.1, 0.15) is 13.8 Å². The average Bonchev–Trinajstić information content (AvgIpc) is 2.19. The van der Waals surface area contributed by atoms with Crippen molar-refractivity contribution < 1.29 is 13.0 Å². The highest BCUT2D eigenvalue weighted by atomic mass is 32.2. The summed E-state index contributed by atoms with van der Waals surface area (Å²) in [5.74, 6) is 0. The predicted octanol–water partition coefficient (Wildman–Crippen LogP) is 1.78. The summed E-state index contributed by atoms with van der Waals surface area (Å²) in [7, 11) is -4.10. The number of nitrogens with zero attached hydrogens (tertiary/aromatic N) is 1. The highest BCUT2D eigenvalue weighted by molar-refractivity contribution is 7.85. The van der Waals surface area contributed by atoms with Crippen molar-refractivity contribution in [2.75, 3.05) is 18.0 Å². The van der Waals surface area contributed by atoms with Gasteiger partial charge in [-0.3, -0.25) is 4.55 Å². The number of hydrogen-bond donors (Lipinski definition) is 1. The van der Waals surface area contributed by atoms with E-state index in [4.69, 9.17) is 4.55 Å². The van der Waals surface area contributed by atoms with Crippen LogP contribution in [0.15, 0.2) is 29.2 Å². The van der Waals surface area contributed by atoms with Crippen LogP contribution in [0, 0.1) is 0 Å². The van der Waals surface area contributed by atoms with Crippen LogP contribution in [0.3, 0.4) is 0 Å². The molecule has 0 aliphatic rings. The first kappa shape index (κ1) is 12.0. The van der Waals surface area contributed by atoms with Crippen molar-refractivity contribution in [3.8, 4) is 0 Å². The lowest BCUT2D eigenvalue weighted by Gasteiger charge is -2.21. The van der Waals surface area contributed by atoms with Gasteiger partial charge < -0.3 is 4.90 Å². The zero-order chi connectivity index (χ0) is 11.5. The first-order valence-corrected chi connectivity index (χ1v) is 6.25. The molecule has 1 aromatic carbocycles. The smallest absolute Gasteiger partial charge is 0.294 e. The Morgan fingerprint density at radius 2 is 1.87 bits per heavy atom. The topological polar surface area (TPSA) is 57.6 Å². The first-order valence-electron chi connectivity index (χ1n) is 4.81. The fourth-order valence-corrected chi connectivity index (χ4v) is 1.95. The molecule has 0 amide bonds. The Hall–Kier alpha value is -1.07. The second-order valence-corrected chi connectivity index (χ2v) is 4.57. The Labute approximate surface area is 90.3 Å². The third-order valence-corrected chi connectivity index (χ3v) is 3.09. The molecule has 0 radical (unpaired) electrons. The van der Waals surface area contributed by atoms with Crippen LogP contribution >= 0.6 is 0 Å². The lowest BCUT2D eigenvalue weighted by atomic mass is 10.3. The molecular weight excluding hydrogens is 214 g/mol. The fourth-order valence-electron chi connectivity index (χ4n) is 1.43. The second-order valence-electron chi connectivity index (χ2n) is 3.14. The molecule has 4 nitrogen and oxygen atoms in total. The van der Waals surface area contributed by atoms with Crippen LogP contribution < -0.4 is 4.90 Å². The van der Waals surface area contributed by atoms with Gasteiger partial charge in [0.05, 0.1) is 4.90 Å². The molecule has 0 atom stereocenters. The summed E-state index contributed by atoms with van der Waals surface area (Å²) < 4.78 is 30.7. The van der Waals surface area contributed by atoms with E-state index in [2.05, 4.69) is 0 Å². The number of benzene rings is 1. The van der Waals surface area contributed by atoms with Crippen LogP contribution in [0.25, 0.3) is 0 Å². The number of anilines is 1. The van der Waals surface area contributed by atoms with Gasteiger partial charge in [-0.15, -0.1) is 0 Å². The largest absolute Gasteiger partial charge is 0.372 e. The maximum atomic E-state index is 10.9. The van der Waals surface area contributed by atoms with E-state index < -0.39 is 10.1 Å². The van der Waals surface area contributed by atoms with E-state index in [1.807, 2.05) is 24.8 Å². The van der Waals surface area contributed by atoms with Crippen LogP contribution in [-0.2, 0) is 10.1 Å². The highest BCUT2D eigenvalue weighted by Crippen LogP contribution is 2.18. The van der Waals surface area contributed by atoms with Gasteiger partial charge in [-0.2, -0.15) is 8.42 Å². The third-order valence-electron chi connectivity index (χ3n) is 2.24. The molecule has 1 rings (SSSR count). The van der Waals surface area contributed by atoms with Crippen molar-refractivity contribution >= 4 is 15.8 Å². The lowest BCUT2D eigenvalue weighted by Crippen LogP contribution is -2.21. The molecule has 0 heterocycles. The van der Waals surface area contributed by atoms with Gasteiger partial charge in [0.2, 0.25) is 0 Å². The van der Waals surface area contributed by atoms with Crippen molar-refractivity contribution in [1.82, 2.24) is 0 Å². The van der Waals surface area contributed by atoms with Crippen LogP contribution in [-0.4, -0.2) is 26.1 Å². The molecule has 0 spiro atoms. The van der Waals surface area contributed by atoms with Gasteiger partial charge in [0.15, 0.2) is 0 Å². The molecule has 1 aromatic rings. The van der Waals surface area contributed by atoms with E-state index in [9.17, 15) is 8.42 Å². The lowest BCUT2D eigenvalue weighted by molar-refractivity contribution is 0.483. The van der Waals surface area contributed by atoms with Crippen molar-refractivity contribution in [2.24, 2.45) is 0 Å². The molecule has 84 valence electrons. The van der Waals surface area contributed by atoms with Gasteiger partial charge in [0, 0.05) is 18.8 Å². The number of hydrogen-bond acceptors (Lipinski definition) is 3.